The molecule has 13 heavy (non-hydrogen) atoms. The van der Waals surface area contributed by atoms with Gasteiger partial charge in [-0.3, -0.25) is 10.4 Å². The molecule has 0 spiro atoms. The van der Waals surface area contributed by atoms with Crippen molar-refractivity contribution in [3.05, 3.63) is 0 Å². The summed E-state index contributed by atoms with van der Waals surface area (Å²) in [5.41, 5.74) is 7.41. The van der Waals surface area contributed by atoms with Crippen molar-refractivity contribution in [3.8, 4) is 0 Å². The Hall–Kier alpha value is -0.820. The first-order valence-corrected chi connectivity index (χ1v) is 5.76. The van der Waals surface area contributed by atoms with Crippen LogP contribution in [0.1, 0.15) is 12.8 Å². The first-order valence-electron chi connectivity index (χ1n) is 4.04. The van der Waals surface area contributed by atoms with E-state index in [-0.39, 0.29) is 23.5 Å². The number of aliphatic imine (C=N–C) groups is 1. The molecule has 1 fully saturated rings. The molecule has 1 aliphatic heterocycles. The highest BCUT2D eigenvalue weighted by atomic mass is 32.2. The van der Waals surface area contributed by atoms with Crippen molar-refractivity contribution in [2.24, 2.45) is 16.6 Å². The number of nitrogens with zero attached hydrogens (tertiary/aromatic N) is 1. The van der Waals surface area contributed by atoms with Gasteiger partial charge in [0.2, 0.25) is 5.96 Å². The second-order valence-corrected chi connectivity index (χ2v) is 5.40. The zero-order valence-electron chi connectivity index (χ0n) is 7.23. The van der Waals surface area contributed by atoms with Gasteiger partial charge in [0.25, 0.3) is 0 Å². The molecule has 1 saturated heterocycles. The highest BCUT2D eigenvalue weighted by molar-refractivity contribution is 7.92. The molecule has 0 radical (unpaired) electrons. The van der Waals surface area contributed by atoms with E-state index in [1.54, 1.807) is 0 Å². The molecular weight excluding hydrogens is 192 g/mol. The summed E-state index contributed by atoms with van der Waals surface area (Å²) in [6.45, 7) is 0.207. The number of rotatable bonds is 2. The molecule has 0 aromatic rings. The van der Waals surface area contributed by atoms with Gasteiger partial charge in [-0.1, -0.05) is 0 Å². The van der Waals surface area contributed by atoms with Gasteiger partial charge in [0.1, 0.15) is 0 Å². The molecule has 0 saturated carbocycles. The molecule has 0 bridgehead atoms. The van der Waals surface area contributed by atoms with Crippen molar-refractivity contribution in [1.29, 1.82) is 0 Å². The van der Waals surface area contributed by atoms with Gasteiger partial charge in [-0.25, -0.2) is 14.3 Å². The Kier molecular flexibility index (Phi) is 3.10. The predicted octanol–water partition coefficient (Wildman–Crippen LogP) is -1.66. The van der Waals surface area contributed by atoms with Gasteiger partial charge in [0.05, 0.1) is 17.5 Å². The van der Waals surface area contributed by atoms with Crippen LogP contribution in [0, 0.1) is 0 Å². The average Bonchev–Trinajstić information content (AvgIpc) is 2.41. The molecule has 1 rings (SSSR count). The molecule has 76 valence electrons. The maximum atomic E-state index is 11.3. The van der Waals surface area contributed by atoms with Crippen molar-refractivity contribution in [1.82, 2.24) is 5.43 Å². The fourth-order valence-corrected chi connectivity index (χ4v) is 3.04. The second kappa shape index (κ2) is 3.93. The van der Waals surface area contributed by atoms with Crippen molar-refractivity contribution < 1.29 is 8.42 Å². The summed E-state index contributed by atoms with van der Waals surface area (Å²) in [4.78, 5) is 3.80. The van der Waals surface area contributed by atoms with E-state index in [1.807, 2.05) is 0 Å². The molecular formula is C6H14N4O2S. The highest BCUT2D eigenvalue weighted by Crippen LogP contribution is 2.19. The lowest BCUT2D eigenvalue weighted by molar-refractivity contribution is 0.590. The SMILES string of the molecule is NNC(N)=NCC1CCCS1(=O)=O. The van der Waals surface area contributed by atoms with Crippen LogP contribution in [0.2, 0.25) is 0 Å². The van der Waals surface area contributed by atoms with Crippen molar-refractivity contribution >= 4 is 15.8 Å². The number of guanidine groups is 1. The first-order chi connectivity index (χ1) is 6.06. The lowest BCUT2D eigenvalue weighted by Gasteiger charge is -2.05. The van der Waals surface area contributed by atoms with Gasteiger partial charge in [0.15, 0.2) is 9.84 Å². The third-order valence-electron chi connectivity index (χ3n) is 2.08. The molecule has 0 aromatic carbocycles. The zero-order chi connectivity index (χ0) is 9.90. The van der Waals surface area contributed by atoms with Crippen LogP contribution in [0.25, 0.3) is 0 Å². The Balaban J connectivity index is 2.56. The fraction of sp³-hybridized carbons (Fsp3) is 0.833. The molecule has 6 nitrogen and oxygen atoms in total. The van der Waals surface area contributed by atoms with Crippen molar-refractivity contribution in [2.45, 2.75) is 18.1 Å². The van der Waals surface area contributed by atoms with Crippen molar-refractivity contribution in [2.75, 3.05) is 12.3 Å². The van der Waals surface area contributed by atoms with Crippen LogP contribution in [0.3, 0.4) is 0 Å². The molecule has 5 N–H and O–H groups in total. The molecule has 1 unspecified atom stereocenters. The summed E-state index contributed by atoms with van der Waals surface area (Å²) in [7, 11) is -2.92. The summed E-state index contributed by atoms with van der Waals surface area (Å²) in [6, 6.07) is 0. The topological polar surface area (TPSA) is 111 Å². The Labute approximate surface area is 77.3 Å². The van der Waals surface area contributed by atoms with Gasteiger partial charge >= 0.3 is 0 Å². The first kappa shape index (κ1) is 10.3. The Morgan fingerprint density at radius 1 is 1.62 bits per heavy atom. The summed E-state index contributed by atoms with van der Waals surface area (Å²) in [5, 5.41) is -0.376. The van der Waals surface area contributed by atoms with Gasteiger partial charge in [-0.15, -0.1) is 0 Å². The summed E-state index contributed by atoms with van der Waals surface area (Å²) < 4.78 is 22.6. The summed E-state index contributed by atoms with van der Waals surface area (Å²) in [5.74, 6) is 5.31. The number of sulfone groups is 1. The lowest BCUT2D eigenvalue weighted by Crippen LogP contribution is -2.38. The second-order valence-electron chi connectivity index (χ2n) is 3.00. The highest BCUT2D eigenvalue weighted by Gasteiger charge is 2.30. The number of hydrogen-bond acceptors (Lipinski definition) is 4. The molecule has 1 atom stereocenters. The molecule has 0 amide bonds. The molecule has 0 aromatic heterocycles. The van der Waals surface area contributed by atoms with E-state index in [0.29, 0.717) is 6.42 Å². The number of hydrazine groups is 1. The molecule has 1 heterocycles. The summed E-state index contributed by atoms with van der Waals surface area (Å²) in [6.07, 6.45) is 1.39. The van der Waals surface area contributed by atoms with E-state index in [0.717, 1.165) is 6.42 Å². The van der Waals surface area contributed by atoms with Crippen LogP contribution >= 0.6 is 0 Å². The van der Waals surface area contributed by atoms with E-state index in [9.17, 15) is 8.42 Å². The molecule has 1 aliphatic rings. The third-order valence-corrected chi connectivity index (χ3v) is 4.33. The average molecular weight is 206 g/mol. The van der Waals surface area contributed by atoms with Crippen LogP contribution in [0.15, 0.2) is 4.99 Å². The van der Waals surface area contributed by atoms with E-state index in [4.69, 9.17) is 11.6 Å². The number of nitrogens with two attached hydrogens (primary N) is 2. The van der Waals surface area contributed by atoms with Gasteiger partial charge in [-0.05, 0) is 12.8 Å². The van der Waals surface area contributed by atoms with E-state index >= 15 is 0 Å². The quantitative estimate of drug-likeness (QED) is 0.217. The Bertz CT molecular complexity index is 298. The minimum Gasteiger partial charge on any atom is -0.369 e. The molecule has 0 aliphatic carbocycles. The smallest absolute Gasteiger partial charge is 0.203 e. The maximum Gasteiger partial charge on any atom is 0.203 e. The molecule has 7 heteroatoms. The van der Waals surface area contributed by atoms with E-state index < -0.39 is 9.84 Å². The minimum atomic E-state index is -2.92. The Morgan fingerprint density at radius 2 is 2.31 bits per heavy atom. The van der Waals surface area contributed by atoms with Crippen LogP contribution in [-0.4, -0.2) is 31.9 Å². The largest absolute Gasteiger partial charge is 0.369 e. The van der Waals surface area contributed by atoms with Crippen LogP contribution < -0.4 is 17.0 Å². The third kappa shape index (κ3) is 2.56. The fourth-order valence-electron chi connectivity index (χ4n) is 1.31. The minimum absolute atomic E-state index is 0.0714. The maximum absolute atomic E-state index is 11.3. The number of nitrogens with one attached hydrogen (secondary N) is 1. The van der Waals surface area contributed by atoms with Gasteiger partial charge in [0, 0.05) is 0 Å². The van der Waals surface area contributed by atoms with Crippen LogP contribution in [-0.2, 0) is 9.84 Å². The normalized spacial score (nSPS) is 27.5. The Morgan fingerprint density at radius 3 is 2.77 bits per heavy atom. The van der Waals surface area contributed by atoms with Crippen LogP contribution in [0.5, 0.6) is 0 Å². The monoisotopic (exact) mass is 206 g/mol. The predicted molar refractivity (Wildman–Crippen MR) is 50.6 cm³/mol. The number of hydrogen-bond donors (Lipinski definition) is 3. The summed E-state index contributed by atoms with van der Waals surface area (Å²) >= 11 is 0. The standard InChI is InChI=1S/C6H14N4O2S/c7-6(10-8)9-4-5-2-1-3-13(5,11)12/h5H,1-4,8H2,(H3,7,9,10). The van der Waals surface area contributed by atoms with Crippen LogP contribution in [0.4, 0.5) is 0 Å². The van der Waals surface area contributed by atoms with Gasteiger partial charge < -0.3 is 5.73 Å². The van der Waals surface area contributed by atoms with E-state index in [1.165, 1.54) is 0 Å². The van der Waals surface area contributed by atoms with E-state index in [2.05, 4.69) is 10.4 Å². The van der Waals surface area contributed by atoms with Gasteiger partial charge in [-0.2, -0.15) is 0 Å². The lowest BCUT2D eigenvalue weighted by atomic mass is 10.2. The van der Waals surface area contributed by atoms with Crippen molar-refractivity contribution in [3.63, 3.8) is 0 Å². The zero-order valence-corrected chi connectivity index (χ0v) is 8.05.